The fourth-order valence-electron chi connectivity index (χ4n) is 1.65. The molecule has 0 spiro atoms. The zero-order valence-corrected chi connectivity index (χ0v) is 12.5. The van der Waals surface area contributed by atoms with Crippen molar-refractivity contribution in [3.63, 3.8) is 0 Å². The Hall–Kier alpha value is -1.55. The Bertz CT molecular complexity index is 522. The standard InChI is InChI=1S/C15H20N2OS/c1-11(2)9-18-14-7-5-4-6-13(14)16-8-15-17-12(3)10-19-15/h4-7,10-11,16H,8-9H2,1-3H3. The molecule has 1 aromatic carbocycles. The van der Waals surface area contributed by atoms with Crippen LogP contribution in [0.2, 0.25) is 0 Å². The molecule has 102 valence electrons. The van der Waals surface area contributed by atoms with Gasteiger partial charge in [0.25, 0.3) is 0 Å². The first kappa shape index (κ1) is 13.9. The number of anilines is 1. The van der Waals surface area contributed by atoms with Gasteiger partial charge in [-0.1, -0.05) is 26.0 Å². The summed E-state index contributed by atoms with van der Waals surface area (Å²) < 4.78 is 5.81. The van der Waals surface area contributed by atoms with E-state index in [-0.39, 0.29) is 0 Å². The minimum atomic E-state index is 0.523. The number of aromatic nitrogens is 1. The van der Waals surface area contributed by atoms with Crippen LogP contribution < -0.4 is 10.1 Å². The third kappa shape index (κ3) is 4.24. The van der Waals surface area contributed by atoms with Crippen molar-refractivity contribution in [2.24, 2.45) is 5.92 Å². The summed E-state index contributed by atoms with van der Waals surface area (Å²) in [6.07, 6.45) is 0. The smallest absolute Gasteiger partial charge is 0.142 e. The summed E-state index contributed by atoms with van der Waals surface area (Å²) in [5.74, 6) is 1.43. The first-order chi connectivity index (χ1) is 9.15. The van der Waals surface area contributed by atoms with E-state index in [0.717, 1.165) is 35.3 Å². The SMILES string of the molecule is Cc1csc(CNc2ccccc2OCC(C)C)n1. The molecule has 4 heteroatoms. The quantitative estimate of drug-likeness (QED) is 0.862. The minimum absolute atomic E-state index is 0.523. The molecule has 0 saturated carbocycles. The normalized spacial score (nSPS) is 10.7. The predicted molar refractivity (Wildman–Crippen MR) is 81.0 cm³/mol. The van der Waals surface area contributed by atoms with Crippen molar-refractivity contribution in [1.82, 2.24) is 4.98 Å². The molecule has 1 aromatic heterocycles. The Morgan fingerprint density at radius 1 is 1.32 bits per heavy atom. The number of hydrogen-bond donors (Lipinski definition) is 1. The van der Waals surface area contributed by atoms with E-state index in [1.807, 2.05) is 31.2 Å². The van der Waals surface area contributed by atoms with Crippen LogP contribution in [0.5, 0.6) is 5.75 Å². The Kier molecular flexibility index (Phi) is 4.80. The second kappa shape index (κ2) is 6.57. The third-order valence-electron chi connectivity index (χ3n) is 2.56. The van der Waals surface area contributed by atoms with Gasteiger partial charge in [0.2, 0.25) is 0 Å². The molecule has 0 aliphatic carbocycles. The van der Waals surface area contributed by atoms with E-state index in [9.17, 15) is 0 Å². The number of rotatable bonds is 6. The summed E-state index contributed by atoms with van der Waals surface area (Å²) in [5, 5.41) is 6.55. The number of benzene rings is 1. The molecule has 0 radical (unpaired) electrons. The van der Waals surface area contributed by atoms with Crippen LogP contribution in [-0.2, 0) is 6.54 Å². The molecule has 0 aliphatic heterocycles. The largest absolute Gasteiger partial charge is 0.491 e. The number of nitrogens with one attached hydrogen (secondary N) is 1. The number of nitrogens with zero attached hydrogens (tertiary/aromatic N) is 1. The van der Waals surface area contributed by atoms with Crippen LogP contribution in [0.3, 0.4) is 0 Å². The molecule has 0 unspecified atom stereocenters. The average Bonchev–Trinajstić information content (AvgIpc) is 2.80. The lowest BCUT2D eigenvalue weighted by molar-refractivity contribution is 0.272. The van der Waals surface area contributed by atoms with Crippen LogP contribution in [0, 0.1) is 12.8 Å². The second-order valence-corrected chi connectivity index (χ2v) is 5.88. The molecular formula is C15H20N2OS. The number of aryl methyl sites for hydroxylation is 1. The number of ether oxygens (including phenoxy) is 1. The molecule has 0 bridgehead atoms. The lowest BCUT2D eigenvalue weighted by Gasteiger charge is -2.13. The van der Waals surface area contributed by atoms with Crippen molar-refractivity contribution in [2.75, 3.05) is 11.9 Å². The van der Waals surface area contributed by atoms with Crippen LogP contribution in [0.1, 0.15) is 24.5 Å². The van der Waals surface area contributed by atoms with Gasteiger partial charge in [-0.3, -0.25) is 0 Å². The maximum absolute atomic E-state index is 5.81. The highest BCUT2D eigenvalue weighted by molar-refractivity contribution is 7.09. The predicted octanol–water partition coefficient (Wildman–Crippen LogP) is 4.10. The molecule has 2 rings (SSSR count). The highest BCUT2D eigenvalue weighted by atomic mass is 32.1. The second-order valence-electron chi connectivity index (χ2n) is 4.94. The zero-order chi connectivity index (χ0) is 13.7. The van der Waals surface area contributed by atoms with Gasteiger partial charge >= 0.3 is 0 Å². The molecule has 0 saturated heterocycles. The fourth-order valence-corrected chi connectivity index (χ4v) is 2.36. The Balaban J connectivity index is 1.99. The van der Waals surface area contributed by atoms with Gasteiger partial charge in [-0.05, 0) is 25.0 Å². The van der Waals surface area contributed by atoms with Crippen LogP contribution in [-0.4, -0.2) is 11.6 Å². The van der Waals surface area contributed by atoms with Gasteiger partial charge < -0.3 is 10.1 Å². The molecule has 19 heavy (non-hydrogen) atoms. The highest BCUT2D eigenvalue weighted by Crippen LogP contribution is 2.25. The van der Waals surface area contributed by atoms with E-state index in [0.29, 0.717) is 5.92 Å². The van der Waals surface area contributed by atoms with Gasteiger partial charge in [0.15, 0.2) is 0 Å². The molecule has 3 nitrogen and oxygen atoms in total. The van der Waals surface area contributed by atoms with E-state index in [1.54, 1.807) is 11.3 Å². The van der Waals surface area contributed by atoms with E-state index >= 15 is 0 Å². The average molecular weight is 276 g/mol. The molecule has 1 N–H and O–H groups in total. The van der Waals surface area contributed by atoms with Crippen LogP contribution in [0.15, 0.2) is 29.6 Å². The lowest BCUT2D eigenvalue weighted by Crippen LogP contribution is -2.07. The first-order valence-electron chi connectivity index (χ1n) is 6.52. The van der Waals surface area contributed by atoms with Crippen molar-refractivity contribution >= 4 is 17.0 Å². The summed E-state index contributed by atoms with van der Waals surface area (Å²) in [6, 6.07) is 8.04. The maximum atomic E-state index is 5.81. The Morgan fingerprint density at radius 2 is 2.11 bits per heavy atom. The number of thiazole rings is 1. The van der Waals surface area contributed by atoms with Gasteiger partial charge in [-0.15, -0.1) is 11.3 Å². The van der Waals surface area contributed by atoms with Crippen molar-refractivity contribution in [1.29, 1.82) is 0 Å². The van der Waals surface area contributed by atoms with Crippen molar-refractivity contribution < 1.29 is 4.74 Å². The Labute approximate surface area is 118 Å². The molecule has 2 aromatic rings. The molecule has 0 amide bonds. The number of para-hydroxylation sites is 2. The summed E-state index contributed by atoms with van der Waals surface area (Å²) >= 11 is 1.68. The minimum Gasteiger partial charge on any atom is -0.491 e. The maximum Gasteiger partial charge on any atom is 0.142 e. The van der Waals surface area contributed by atoms with Gasteiger partial charge in [-0.25, -0.2) is 4.98 Å². The van der Waals surface area contributed by atoms with Gasteiger partial charge in [0.1, 0.15) is 10.8 Å². The molecule has 1 heterocycles. The van der Waals surface area contributed by atoms with Crippen molar-refractivity contribution in [3.8, 4) is 5.75 Å². The summed E-state index contributed by atoms with van der Waals surface area (Å²) in [4.78, 5) is 4.44. The Morgan fingerprint density at radius 3 is 2.79 bits per heavy atom. The van der Waals surface area contributed by atoms with E-state index in [1.165, 1.54) is 0 Å². The van der Waals surface area contributed by atoms with Gasteiger partial charge in [0.05, 0.1) is 18.8 Å². The molecule has 0 aliphatic rings. The summed E-state index contributed by atoms with van der Waals surface area (Å²) in [6.45, 7) is 7.78. The van der Waals surface area contributed by atoms with Crippen LogP contribution in [0.4, 0.5) is 5.69 Å². The van der Waals surface area contributed by atoms with Crippen molar-refractivity contribution in [2.45, 2.75) is 27.3 Å². The van der Waals surface area contributed by atoms with E-state index < -0.39 is 0 Å². The van der Waals surface area contributed by atoms with E-state index in [4.69, 9.17) is 4.74 Å². The van der Waals surface area contributed by atoms with Crippen LogP contribution >= 0.6 is 11.3 Å². The summed E-state index contributed by atoms with van der Waals surface area (Å²) in [7, 11) is 0. The first-order valence-corrected chi connectivity index (χ1v) is 7.40. The molecule has 0 atom stereocenters. The highest BCUT2D eigenvalue weighted by Gasteiger charge is 2.05. The van der Waals surface area contributed by atoms with Crippen LogP contribution in [0.25, 0.3) is 0 Å². The topological polar surface area (TPSA) is 34.1 Å². The fraction of sp³-hybridized carbons (Fsp3) is 0.400. The molecule has 0 fully saturated rings. The lowest BCUT2D eigenvalue weighted by atomic mass is 10.2. The monoisotopic (exact) mass is 276 g/mol. The third-order valence-corrected chi connectivity index (χ3v) is 3.52. The van der Waals surface area contributed by atoms with Gasteiger partial charge in [0, 0.05) is 11.1 Å². The molecular weight excluding hydrogens is 256 g/mol. The van der Waals surface area contributed by atoms with E-state index in [2.05, 4.69) is 29.5 Å². The number of hydrogen-bond acceptors (Lipinski definition) is 4. The summed E-state index contributed by atoms with van der Waals surface area (Å²) in [5.41, 5.74) is 2.10. The van der Waals surface area contributed by atoms with Gasteiger partial charge in [-0.2, -0.15) is 0 Å². The zero-order valence-electron chi connectivity index (χ0n) is 11.6. The van der Waals surface area contributed by atoms with Crippen molar-refractivity contribution in [3.05, 3.63) is 40.3 Å².